The van der Waals surface area contributed by atoms with E-state index >= 15 is 0 Å². The maximum Gasteiger partial charge on any atom is 0.225 e. The molecule has 0 radical (unpaired) electrons. The van der Waals surface area contributed by atoms with Crippen LogP contribution in [0.3, 0.4) is 0 Å². The molecule has 1 N–H and O–H groups in total. The Hall–Kier alpha value is -3.81. The summed E-state index contributed by atoms with van der Waals surface area (Å²) in [6.07, 6.45) is 3.50. The molecule has 0 saturated carbocycles. The summed E-state index contributed by atoms with van der Waals surface area (Å²) in [4.78, 5) is 19.4. The van der Waals surface area contributed by atoms with Gasteiger partial charge in [-0.15, -0.1) is 5.10 Å². The Bertz CT molecular complexity index is 1310. The fraction of sp³-hybridized carbons (Fsp3) is 0.346. The van der Waals surface area contributed by atoms with Crippen LogP contribution in [0.5, 0.6) is 0 Å². The second-order valence-electron chi connectivity index (χ2n) is 8.99. The monoisotopic (exact) mass is 455 g/mol. The van der Waals surface area contributed by atoms with Crippen molar-refractivity contribution in [3.8, 4) is 5.69 Å². The van der Waals surface area contributed by atoms with Gasteiger partial charge in [0.2, 0.25) is 5.91 Å². The maximum atomic E-state index is 12.9. The molecule has 0 spiro atoms. The molecular weight excluding hydrogens is 426 g/mol. The van der Waals surface area contributed by atoms with Gasteiger partial charge >= 0.3 is 0 Å². The fourth-order valence-corrected chi connectivity index (χ4v) is 4.67. The number of nitrogens with one attached hydrogen (secondary N) is 1. The summed E-state index contributed by atoms with van der Waals surface area (Å²) in [5, 5.41) is 18.0. The quantitative estimate of drug-likeness (QED) is 0.494. The van der Waals surface area contributed by atoms with Gasteiger partial charge in [-0.1, -0.05) is 23.8 Å². The van der Waals surface area contributed by atoms with Crippen LogP contribution in [-0.4, -0.2) is 44.0 Å². The number of fused-ring (bicyclic) bond motifs is 1. The number of aryl methyl sites for hydroxylation is 3. The molecule has 1 aliphatic heterocycles. The Morgan fingerprint density at radius 1 is 1.09 bits per heavy atom. The van der Waals surface area contributed by atoms with Crippen molar-refractivity contribution in [1.29, 1.82) is 0 Å². The highest BCUT2D eigenvalue weighted by molar-refractivity contribution is 5.92. The highest BCUT2D eigenvalue weighted by atomic mass is 16.1. The Labute approximate surface area is 199 Å². The van der Waals surface area contributed by atoms with Crippen LogP contribution in [0.2, 0.25) is 0 Å². The summed E-state index contributed by atoms with van der Waals surface area (Å²) in [7, 11) is 0. The molecule has 4 aromatic rings. The molecular formula is C26H29N7O. The van der Waals surface area contributed by atoms with E-state index in [4.69, 9.17) is 5.10 Å². The first-order valence-electron chi connectivity index (χ1n) is 11.7. The van der Waals surface area contributed by atoms with Crippen molar-refractivity contribution in [2.45, 2.75) is 40.2 Å². The number of hydrogen-bond donors (Lipinski definition) is 1. The third-order valence-electron chi connectivity index (χ3n) is 6.52. The molecule has 1 saturated heterocycles. The molecule has 1 fully saturated rings. The van der Waals surface area contributed by atoms with E-state index in [1.807, 2.05) is 29.8 Å². The molecule has 34 heavy (non-hydrogen) atoms. The van der Waals surface area contributed by atoms with Crippen LogP contribution in [0.4, 0.5) is 5.82 Å². The van der Waals surface area contributed by atoms with Crippen molar-refractivity contribution in [3.63, 3.8) is 0 Å². The number of hydrogen-bond acceptors (Lipinski definition) is 6. The van der Waals surface area contributed by atoms with Gasteiger partial charge in [0, 0.05) is 19.3 Å². The first kappa shape index (κ1) is 22.0. The fourth-order valence-electron chi connectivity index (χ4n) is 4.67. The molecule has 0 bridgehead atoms. The molecule has 4 heterocycles. The van der Waals surface area contributed by atoms with E-state index in [9.17, 15) is 4.79 Å². The SMILES string of the molecule is Cc1ccc(-n2nc3c(N4CCC[C@@H](C(=O)NCc5ccccn5)C4)nnc(C)c3c2C)cc1. The molecule has 1 aliphatic rings. The Morgan fingerprint density at radius 3 is 2.68 bits per heavy atom. The van der Waals surface area contributed by atoms with Crippen LogP contribution in [-0.2, 0) is 11.3 Å². The second kappa shape index (κ2) is 9.21. The number of amides is 1. The normalized spacial score (nSPS) is 16.1. The average molecular weight is 456 g/mol. The molecule has 5 rings (SSSR count). The van der Waals surface area contributed by atoms with E-state index in [2.05, 4.69) is 63.5 Å². The van der Waals surface area contributed by atoms with Crippen LogP contribution >= 0.6 is 0 Å². The van der Waals surface area contributed by atoms with Gasteiger partial charge in [-0.2, -0.15) is 10.2 Å². The van der Waals surface area contributed by atoms with Crippen molar-refractivity contribution in [3.05, 3.63) is 71.3 Å². The van der Waals surface area contributed by atoms with Crippen LogP contribution in [0, 0.1) is 26.7 Å². The van der Waals surface area contributed by atoms with Crippen molar-refractivity contribution in [2.75, 3.05) is 18.0 Å². The largest absolute Gasteiger partial charge is 0.352 e. The summed E-state index contributed by atoms with van der Waals surface area (Å²) in [5.74, 6) is 0.681. The van der Waals surface area contributed by atoms with Gasteiger partial charge in [-0.05, 0) is 57.9 Å². The smallest absolute Gasteiger partial charge is 0.225 e. The number of carbonyl (C=O) groups is 1. The van der Waals surface area contributed by atoms with Crippen molar-refractivity contribution in [2.24, 2.45) is 5.92 Å². The van der Waals surface area contributed by atoms with Crippen LogP contribution in [0.25, 0.3) is 16.6 Å². The first-order chi connectivity index (χ1) is 16.5. The van der Waals surface area contributed by atoms with Crippen molar-refractivity contribution >= 4 is 22.6 Å². The highest BCUT2D eigenvalue weighted by Gasteiger charge is 2.29. The standard InChI is InChI=1S/C26H29N7O/c1-17-9-11-22(12-10-17)33-19(3)23-18(2)29-30-25(24(23)31-33)32-14-6-7-20(16-32)26(34)28-15-21-8-4-5-13-27-21/h4-5,8-13,20H,6-7,14-16H2,1-3H3,(H,28,34)/t20-/m1/s1. The zero-order valence-electron chi connectivity index (χ0n) is 19.8. The van der Waals surface area contributed by atoms with E-state index < -0.39 is 0 Å². The minimum absolute atomic E-state index is 0.0491. The lowest BCUT2D eigenvalue weighted by atomic mass is 9.97. The van der Waals surface area contributed by atoms with Gasteiger partial charge in [0.1, 0.15) is 5.52 Å². The molecule has 8 nitrogen and oxygen atoms in total. The Balaban J connectivity index is 1.41. The molecule has 0 aliphatic carbocycles. The van der Waals surface area contributed by atoms with E-state index in [1.165, 1.54) is 5.56 Å². The summed E-state index contributed by atoms with van der Waals surface area (Å²) in [6, 6.07) is 14.0. The van der Waals surface area contributed by atoms with E-state index in [0.29, 0.717) is 13.1 Å². The van der Waals surface area contributed by atoms with E-state index in [0.717, 1.165) is 58.9 Å². The minimum atomic E-state index is -0.115. The van der Waals surface area contributed by atoms with Gasteiger partial charge < -0.3 is 10.2 Å². The lowest BCUT2D eigenvalue weighted by Gasteiger charge is -2.32. The molecule has 0 unspecified atom stereocenters. The molecule has 174 valence electrons. The number of pyridine rings is 1. The number of anilines is 1. The maximum absolute atomic E-state index is 12.9. The zero-order valence-corrected chi connectivity index (χ0v) is 19.8. The predicted octanol–water partition coefficient (Wildman–Crippen LogP) is 3.67. The molecule has 3 aromatic heterocycles. The van der Waals surface area contributed by atoms with Crippen molar-refractivity contribution < 1.29 is 4.79 Å². The molecule has 1 aromatic carbocycles. The number of nitrogens with zero attached hydrogens (tertiary/aromatic N) is 6. The zero-order chi connectivity index (χ0) is 23.7. The van der Waals surface area contributed by atoms with Gasteiger partial charge in [0.05, 0.1) is 40.6 Å². The number of rotatable bonds is 5. The van der Waals surface area contributed by atoms with Crippen LogP contribution < -0.4 is 10.2 Å². The van der Waals surface area contributed by atoms with E-state index in [1.54, 1.807) is 6.20 Å². The second-order valence-corrected chi connectivity index (χ2v) is 8.99. The molecule has 1 amide bonds. The Morgan fingerprint density at radius 2 is 1.91 bits per heavy atom. The number of carbonyl (C=O) groups excluding carboxylic acids is 1. The third-order valence-corrected chi connectivity index (χ3v) is 6.52. The van der Waals surface area contributed by atoms with Gasteiger partial charge in [-0.25, -0.2) is 4.68 Å². The first-order valence-corrected chi connectivity index (χ1v) is 11.7. The lowest BCUT2D eigenvalue weighted by Crippen LogP contribution is -2.43. The van der Waals surface area contributed by atoms with Gasteiger partial charge in [0.15, 0.2) is 5.82 Å². The third kappa shape index (κ3) is 4.23. The van der Waals surface area contributed by atoms with Crippen LogP contribution in [0.15, 0.2) is 48.7 Å². The molecule has 1 atom stereocenters. The van der Waals surface area contributed by atoms with Crippen molar-refractivity contribution in [1.82, 2.24) is 30.3 Å². The average Bonchev–Trinajstić information content (AvgIpc) is 3.22. The predicted molar refractivity (Wildman–Crippen MR) is 132 cm³/mol. The molecule has 8 heteroatoms. The topological polar surface area (TPSA) is 88.8 Å². The number of piperidine rings is 1. The minimum Gasteiger partial charge on any atom is -0.352 e. The summed E-state index contributed by atoms with van der Waals surface area (Å²) in [5.41, 5.74) is 5.80. The van der Waals surface area contributed by atoms with Gasteiger partial charge in [-0.3, -0.25) is 9.78 Å². The Kier molecular flexibility index (Phi) is 5.96. The highest BCUT2D eigenvalue weighted by Crippen LogP contribution is 2.31. The van der Waals surface area contributed by atoms with Gasteiger partial charge in [0.25, 0.3) is 0 Å². The summed E-state index contributed by atoms with van der Waals surface area (Å²) in [6.45, 7) is 7.97. The number of aromatic nitrogens is 5. The summed E-state index contributed by atoms with van der Waals surface area (Å²) >= 11 is 0. The number of benzene rings is 1. The van der Waals surface area contributed by atoms with Crippen LogP contribution in [0.1, 0.15) is 35.5 Å². The lowest BCUT2D eigenvalue weighted by molar-refractivity contribution is -0.125. The summed E-state index contributed by atoms with van der Waals surface area (Å²) < 4.78 is 1.96. The van der Waals surface area contributed by atoms with E-state index in [-0.39, 0.29) is 11.8 Å².